The molecule has 3 aromatic carbocycles. The minimum absolute atomic E-state index is 0.0629. The number of Topliss-reactive ketones (excluding diaryl/α,β-unsaturated/α-hetero) is 1. The molecule has 0 aliphatic carbocycles. The van der Waals surface area contributed by atoms with Crippen molar-refractivity contribution in [2.45, 2.75) is 18.9 Å². The Labute approximate surface area is 226 Å². The number of aromatic nitrogens is 1. The molecular formula is C31H30N2O6. The Morgan fingerprint density at radius 3 is 2.44 bits per heavy atom. The van der Waals surface area contributed by atoms with Crippen LogP contribution in [0.2, 0.25) is 0 Å². The summed E-state index contributed by atoms with van der Waals surface area (Å²) in [4.78, 5) is 31.8. The number of hydrogen-bond acceptors (Lipinski definition) is 6. The van der Waals surface area contributed by atoms with Crippen molar-refractivity contribution < 1.29 is 28.9 Å². The van der Waals surface area contributed by atoms with Crippen molar-refractivity contribution in [3.8, 4) is 17.2 Å². The van der Waals surface area contributed by atoms with E-state index >= 15 is 0 Å². The van der Waals surface area contributed by atoms with E-state index in [4.69, 9.17) is 14.2 Å². The molecule has 1 amide bonds. The number of aliphatic hydroxyl groups is 1. The van der Waals surface area contributed by atoms with Crippen molar-refractivity contribution in [3.63, 3.8) is 0 Å². The second-order valence-corrected chi connectivity index (χ2v) is 9.34. The molecule has 8 heteroatoms. The zero-order valence-corrected chi connectivity index (χ0v) is 22.1. The van der Waals surface area contributed by atoms with Gasteiger partial charge in [0.2, 0.25) is 0 Å². The first-order valence-corrected chi connectivity index (χ1v) is 12.6. The smallest absolute Gasteiger partial charge is 0.290 e. The Morgan fingerprint density at radius 2 is 1.72 bits per heavy atom. The minimum atomic E-state index is -0.784. The average molecular weight is 527 g/mol. The fourth-order valence-corrected chi connectivity index (χ4v) is 5.15. The lowest BCUT2D eigenvalue weighted by atomic mass is 9.92. The summed E-state index contributed by atoms with van der Waals surface area (Å²) in [7, 11) is 4.69. The molecule has 1 aliphatic heterocycles. The number of carbonyl (C=O) groups excluding carboxylic acids is 2. The number of ketones is 1. The summed E-state index contributed by atoms with van der Waals surface area (Å²) >= 11 is 0. The fourth-order valence-electron chi connectivity index (χ4n) is 5.15. The molecule has 39 heavy (non-hydrogen) atoms. The Hall–Kier alpha value is -4.72. The molecule has 0 spiro atoms. The second kappa shape index (κ2) is 10.9. The van der Waals surface area contributed by atoms with Crippen LogP contribution in [0.25, 0.3) is 10.9 Å². The van der Waals surface area contributed by atoms with Crippen molar-refractivity contribution in [3.05, 3.63) is 101 Å². The van der Waals surface area contributed by atoms with E-state index in [1.54, 1.807) is 37.3 Å². The molecule has 0 bridgehead atoms. The molecule has 1 unspecified atom stereocenters. The Morgan fingerprint density at radius 1 is 0.949 bits per heavy atom. The lowest BCUT2D eigenvalue weighted by Gasteiger charge is -2.27. The Bertz CT molecular complexity index is 1560. The van der Waals surface area contributed by atoms with Crippen LogP contribution in [0.15, 0.2) is 84.3 Å². The summed E-state index contributed by atoms with van der Waals surface area (Å²) in [6, 6.07) is 19.5. The summed E-state index contributed by atoms with van der Waals surface area (Å²) in [5, 5.41) is 12.0. The average Bonchev–Trinajstić information content (AvgIpc) is 3.49. The number of nitrogens with zero attached hydrogens (tertiary/aromatic N) is 1. The van der Waals surface area contributed by atoms with Crippen LogP contribution in [0.3, 0.4) is 0 Å². The number of methoxy groups -OCH3 is 3. The molecule has 2 N–H and O–H groups in total. The van der Waals surface area contributed by atoms with E-state index in [9.17, 15) is 14.7 Å². The van der Waals surface area contributed by atoms with Crippen LogP contribution in [0.5, 0.6) is 17.2 Å². The van der Waals surface area contributed by atoms with Crippen LogP contribution in [0.4, 0.5) is 0 Å². The van der Waals surface area contributed by atoms with Gasteiger partial charge in [0.25, 0.3) is 5.91 Å². The Balaban J connectivity index is 1.51. The third-order valence-corrected chi connectivity index (χ3v) is 7.13. The van der Waals surface area contributed by atoms with Crippen LogP contribution < -0.4 is 14.2 Å². The van der Waals surface area contributed by atoms with Gasteiger partial charge >= 0.3 is 0 Å². The number of hydrogen-bond donors (Lipinski definition) is 2. The molecule has 8 nitrogen and oxygen atoms in total. The normalized spacial score (nSPS) is 15.2. The zero-order chi connectivity index (χ0) is 27.5. The zero-order valence-electron chi connectivity index (χ0n) is 22.1. The van der Waals surface area contributed by atoms with Gasteiger partial charge < -0.3 is 29.2 Å². The molecule has 0 saturated heterocycles. The molecule has 0 radical (unpaired) electrons. The topological polar surface area (TPSA) is 101 Å². The summed E-state index contributed by atoms with van der Waals surface area (Å²) < 4.78 is 16.3. The third kappa shape index (κ3) is 4.93. The van der Waals surface area contributed by atoms with Gasteiger partial charge in [-0.15, -0.1) is 0 Å². The van der Waals surface area contributed by atoms with E-state index in [0.717, 1.165) is 27.8 Å². The molecule has 1 aromatic heterocycles. The van der Waals surface area contributed by atoms with E-state index in [1.807, 2.05) is 54.7 Å². The highest BCUT2D eigenvalue weighted by atomic mass is 16.5. The maximum Gasteiger partial charge on any atom is 0.290 e. The molecule has 4 aromatic rings. The predicted octanol–water partition coefficient (Wildman–Crippen LogP) is 4.94. The van der Waals surface area contributed by atoms with Crippen molar-refractivity contribution in [1.29, 1.82) is 0 Å². The quantitative estimate of drug-likeness (QED) is 0.304. The van der Waals surface area contributed by atoms with Gasteiger partial charge in [-0.3, -0.25) is 9.59 Å². The lowest BCUT2D eigenvalue weighted by molar-refractivity contribution is -0.129. The van der Waals surface area contributed by atoms with E-state index in [-0.39, 0.29) is 24.3 Å². The number of nitrogens with one attached hydrogen (secondary N) is 1. The SMILES string of the molecule is COc1ccc2[nH]cc(CCN3C(=O)C(O)=C(C(=O)Cc4ccccc4)C3c3ccc(OC)c(OC)c3)c2c1. The van der Waals surface area contributed by atoms with Crippen molar-refractivity contribution in [2.24, 2.45) is 0 Å². The van der Waals surface area contributed by atoms with Crippen molar-refractivity contribution >= 4 is 22.6 Å². The van der Waals surface area contributed by atoms with Gasteiger partial charge in [-0.05, 0) is 53.4 Å². The molecule has 2 heterocycles. The molecule has 200 valence electrons. The van der Waals surface area contributed by atoms with Crippen LogP contribution in [0, 0.1) is 0 Å². The van der Waals surface area contributed by atoms with Gasteiger partial charge in [0, 0.05) is 30.1 Å². The number of aliphatic hydroxyl groups excluding tert-OH is 1. The first-order valence-electron chi connectivity index (χ1n) is 12.6. The first-order chi connectivity index (χ1) is 18.9. The predicted molar refractivity (Wildman–Crippen MR) is 147 cm³/mol. The molecular weight excluding hydrogens is 496 g/mol. The lowest BCUT2D eigenvalue weighted by Crippen LogP contribution is -2.33. The van der Waals surface area contributed by atoms with E-state index < -0.39 is 17.7 Å². The van der Waals surface area contributed by atoms with Crippen molar-refractivity contribution in [1.82, 2.24) is 9.88 Å². The molecule has 0 saturated carbocycles. The highest BCUT2D eigenvalue weighted by Gasteiger charge is 2.43. The number of carbonyl (C=O) groups is 2. The summed E-state index contributed by atoms with van der Waals surface area (Å²) in [6.07, 6.45) is 2.47. The van der Waals surface area contributed by atoms with E-state index in [2.05, 4.69) is 4.98 Å². The van der Waals surface area contributed by atoms with Gasteiger partial charge in [0.05, 0.1) is 32.9 Å². The highest BCUT2D eigenvalue weighted by molar-refractivity contribution is 6.09. The van der Waals surface area contributed by atoms with Gasteiger partial charge in [-0.2, -0.15) is 0 Å². The molecule has 0 fully saturated rings. The maximum atomic E-state index is 13.6. The van der Waals surface area contributed by atoms with Crippen LogP contribution in [0.1, 0.15) is 22.7 Å². The second-order valence-electron chi connectivity index (χ2n) is 9.34. The van der Waals surface area contributed by atoms with E-state index in [0.29, 0.717) is 23.5 Å². The number of H-pyrrole nitrogens is 1. The molecule has 1 aliphatic rings. The van der Waals surface area contributed by atoms with Gasteiger partial charge in [0.15, 0.2) is 23.0 Å². The molecule has 5 rings (SSSR count). The van der Waals surface area contributed by atoms with Gasteiger partial charge in [0.1, 0.15) is 5.75 Å². The molecule has 1 atom stereocenters. The number of rotatable bonds is 10. The largest absolute Gasteiger partial charge is 0.503 e. The highest BCUT2D eigenvalue weighted by Crippen LogP contribution is 2.41. The van der Waals surface area contributed by atoms with Crippen molar-refractivity contribution in [2.75, 3.05) is 27.9 Å². The minimum Gasteiger partial charge on any atom is -0.503 e. The van der Waals surface area contributed by atoms with E-state index in [1.165, 1.54) is 7.11 Å². The summed E-state index contributed by atoms with van der Waals surface area (Å²) in [6.45, 7) is 0.272. The summed E-state index contributed by atoms with van der Waals surface area (Å²) in [5.41, 5.74) is 3.47. The fraction of sp³-hybridized carbons (Fsp3) is 0.226. The van der Waals surface area contributed by atoms with Gasteiger partial charge in [-0.25, -0.2) is 0 Å². The number of benzene rings is 3. The van der Waals surface area contributed by atoms with Crippen LogP contribution in [-0.4, -0.2) is 54.6 Å². The number of fused-ring (bicyclic) bond motifs is 1. The van der Waals surface area contributed by atoms with Crippen LogP contribution >= 0.6 is 0 Å². The maximum absolute atomic E-state index is 13.6. The monoisotopic (exact) mass is 526 g/mol. The number of aromatic amines is 1. The number of ether oxygens (including phenoxy) is 3. The standard InChI is InChI=1S/C31H30N2O6/c1-37-22-10-11-24-23(17-22)21(18-32-24)13-14-33-29(20-9-12-26(38-2)27(16-20)39-3)28(30(35)31(33)36)25(34)15-19-7-5-4-6-8-19/h4-12,16-18,29,32,35H,13-15H2,1-3H3. The van der Waals surface area contributed by atoms with Crippen LogP contribution in [-0.2, 0) is 22.4 Å². The Kier molecular flexibility index (Phi) is 7.27. The van der Waals surface area contributed by atoms with Gasteiger partial charge in [-0.1, -0.05) is 36.4 Å². The first kappa shape index (κ1) is 25.9. The summed E-state index contributed by atoms with van der Waals surface area (Å²) in [5.74, 6) is 0.311. The third-order valence-electron chi connectivity index (χ3n) is 7.13. The number of amides is 1.